The van der Waals surface area contributed by atoms with Crippen LogP contribution in [-0.2, 0) is 13.1 Å². The molecule has 2 heterocycles. The monoisotopic (exact) mass is 179 g/mol. The lowest BCUT2D eigenvalue weighted by atomic mass is 10.2. The number of carboxylic acid groups (broad SMARTS) is 1. The van der Waals surface area contributed by atoms with Crippen LogP contribution in [0.4, 0.5) is 0 Å². The van der Waals surface area contributed by atoms with Crippen molar-refractivity contribution in [2.75, 3.05) is 0 Å². The third-order valence-corrected chi connectivity index (χ3v) is 2.00. The number of hydrogen-bond acceptors (Lipinski definition) is 4. The molecule has 1 aromatic heterocycles. The molecule has 2 N–H and O–H groups in total. The van der Waals surface area contributed by atoms with Crippen molar-refractivity contribution in [2.45, 2.75) is 20.0 Å². The van der Waals surface area contributed by atoms with Gasteiger partial charge in [-0.05, 0) is 6.92 Å². The molecule has 0 aliphatic carbocycles. The maximum atomic E-state index is 10.8. The van der Waals surface area contributed by atoms with E-state index in [0.717, 1.165) is 11.3 Å². The number of nitrogens with one attached hydrogen (secondary N) is 1. The minimum atomic E-state index is -0.981. The van der Waals surface area contributed by atoms with Gasteiger partial charge >= 0.3 is 5.97 Å². The molecular formula is C8H9N3O2. The molecule has 0 aromatic carbocycles. The van der Waals surface area contributed by atoms with Crippen molar-refractivity contribution in [3.8, 4) is 0 Å². The summed E-state index contributed by atoms with van der Waals surface area (Å²) in [5, 5.41) is 11.9. The molecule has 13 heavy (non-hydrogen) atoms. The molecular weight excluding hydrogens is 170 g/mol. The number of carboxylic acids is 1. The Morgan fingerprint density at radius 2 is 2.23 bits per heavy atom. The second-order valence-electron chi connectivity index (χ2n) is 2.95. The Labute approximate surface area is 74.8 Å². The van der Waals surface area contributed by atoms with Crippen LogP contribution < -0.4 is 5.32 Å². The van der Waals surface area contributed by atoms with Gasteiger partial charge in [-0.3, -0.25) is 0 Å². The van der Waals surface area contributed by atoms with E-state index < -0.39 is 5.97 Å². The van der Waals surface area contributed by atoms with Gasteiger partial charge < -0.3 is 10.4 Å². The van der Waals surface area contributed by atoms with Gasteiger partial charge in [0.25, 0.3) is 0 Å². The van der Waals surface area contributed by atoms with Crippen molar-refractivity contribution >= 4 is 5.97 Å². The van der Waals surface area contributed by atoms with Crippen molar-refractivity contribution in [3.05, 3.63) is 22.8 Å². The summed E-state index contributed by atoms with van der Waals surface area (Å²) < 4.78 is 0. The first-order valence-corrected chi connectivity index (χ1v) is 3.99. The minimum Gasteiger partial charge on any atom is -0.476 e. The van der Waals surface area contributed by atoms with E-state index >= 15 is 0 Å². The zero-order valence-corrected chi connectivity index (χ0v) is 7.16. The molecule has 68 valence electrons. The largest absolute Gasteiger partial charge is 0.476 e. The Kier molecular flexibility index (Phi) is 1.73. The molecule has 0 spiro atoms. The minimum absolute atomic E-state index is 0.132. The van der Waals surface area contributed by atoms with Crippen LogP contribution in [0.3, 0.4) is 0 Å². The van der Waals surface area contributed by atoms with Gasteiger partial charge in [-0.2, -0.15) is 0 Å². The van der Waals surface area contributed by atoms with E-state index in [0.29, 0.717) is 18.9 Å². The number of hydrogen-bond donors (Lipinski definition) is 2. The second-order valence-corrected chi connectivity index (χ2v) is 2.95. The van der Waals surface area contributed by atoms with E-state index in [2.05, 4.69) is 15.3 Å². The highest BCUT2D eigenvalue weighted by atomic mass is 16.4. The third kappa shape index (κ3) is 1.27. The highest BCUT2D eigenvalue weighted by Crippen LogP contribution is 2.16. The van der Waals surface area contributed by atoms with E-state index in [1.165, 1.54) is 0 Å². The second kappa shape index (κ2) is 2.77. The summed E-state index contributed by atoms with van der Waals surface area (Å²) in [5.74, 6) is -0.467. The van der Waals surface area contributed by atoms with Crippen LogP contribution in [0.5, 0.6) is 0 Å². The molecule has 0 saturated carbocycles. The van der Waals surface area contributed by atoms with Crippen molar-refractivity contribution in [1.82, 2.24) is 15.3 Å². The lowest BCUT2D eigenvalue weighted by Gasteiger charge is -2.02. The standard InChI is InChI=1S/C8H9N3O2/c1-4-10-6-3-9-2-5(6)7(11-4)8(12)13/h9H,2-3H2,1H3,(H,12,13). The van der Waals surface area contributed by atoms with E-state index in [9.17, 15) is 4.79 Å². The van der Waals surface area contributed by atoms with Crippen molar-refractivity contribution in [1.29, 1.82) is 0 Å². The van der Waals surface area contributed by atoms with Gasteiger partial charge in [-0.1, -0.05) is 0 Å². The van der Waals surface area contributed by atoms with Gasteiger partial charge in [-0.15, -0.1) is 0 Å². The molecule has 0 atom stereocenters. The van der Waals surface area contributed by atoms with Gasteiger partial charge in [0.1, 0.15) is 5.82 Å². The number of nitrogens with zero attached hydrogens (tertiary/aromatic N) is 2. The van der Waals surface area contributed by atoms with Crippen LogP contribution in [0.2, 0.25) is 0 Å². The SMILES string of the molecule is Cc1nc2c(c(C(=O)O)n1)CNC2. The normalized spacial score (nSPS) is 14.2. The summed E-state index contributed by atoms with van der Waals surface area (Å²) in [7, 11) is 0. The quantitative estimate of drug-likeness (QED) is 0.638. The molecule has 0 radical (unpaired) electrons. The average Bonchev–Trinajstić information content (AvgIpc) is 2.49. The third-order valence-electron chi connectivity index (χ3n) is 2.00. The highest BCUT2D eigenvalue weighted by Gasteiger charge is 2.21. The Morgan fingerprint density at radius 3 is 2.92 bits per heavy atom. The van der Waals surface area contributed by atoms with E-state index in [-0.39, 0.29) is 5.69 Å². The fraction of sp³-hybridized carbons (Fsp3) is 0.375. The Hall–Kier alpha value is -1.49. The molecule has 2 rings (SSSR count). The molecule has 0 bridgehead atoms. The Morgan fingerprint density at radius 1 is 1.46 bits per heavy atom. The molecule has 0 unspecified atom stereocenters. The summed E-state index contributed by atoms with van der Waals surface area (Å²) in [4.78, 5) is 18.8. The van der Waals surface area contributed by atoms with Gasteiger partial charge in [0.2, 0.25) is 0 Å². The Balaban J connectivity index is 2.62. The van der Waals surface area contributed by atoms with Crippen LogP contribution in [0.1, 0.15) is 27.6 Å². The highest BCUT2D eigenvalue weighted by molar-refractivity contribution is 5.87. The summed E-state index contributed by atoms with van der Waals surface area (Å²) in [5.41, 5.74) is 1.66. The number of aromatic carboxylic acids is 1. The van der Waals surface area contributed by atoms with Gasteiger partial charge in [0, 0.05) is 18.7 Å². The number of fused-ring (bicyclic) bond motifs is 1. The summed E-state index contributed by atoms with van der Waals surface area (Å²) >= 11 is 0. The molecule has 5 nitrogen and oxygen atoms in total. The maximum Gasteiger partial charge on any atom is 0.354 e. The molecule has 1 aliphatic heterocycles. The van der Waals surface area contributed by atoms with Gasteiger partial charge in [0.15, 0.2) is 5.69 Å². The number of aryl methyl sites for hydroxylation is 1. The van der Waals surface area contributed by atoms with Crippen molar-refractivity contribution in [3.63, 3.8) is 0 Å². The van der Waals surface area contributed by atoms with Crippen molar-refractivity contribution < 1.29 is 9.90 Å². The number of carbonyl (C=O) groups is 1. The predicted octanol–water partition coefficient (Wildman–Crippen LogP) is 0.0864. The zero-order chi connectivity index (χ0) is 9.42. The molecule has 1 aliphatic rings. The smallest absolute Gasteiger partial charge is 0.354 e. The average molecular weight is 179 g/mol. The van der Waals surface area contributed by atoms with Gasteiger partial charge in [0.05, 0.1) is 5.69 Å². The van der Waals surface area contributed by atoms with Crippen LogP contribution in [0.15, 0.2) is 0 Å². The maximum absolute atomic E-state index is 10.8. The van der Waals surface area contributed by atoms with E-state index in [1.807, 2.05) is 0 Å². The van der Waals surface area contributed by atoms with Crippen LogP contribution >= 0.6 is 0 Å². The topological polar surface area (TPSA) is 75.1 Å². The van der Waals surface area contributed by atoms with Crippen LogP contribution in [-0.4, -0.2) is 21.0 Å². The lowest BCUT2D eigenvalue weighted by molar-refractivity contribution is 0.0688. The number of rotatable bonds is 1. The van der Waals surface area contributed by atoms with E-state index in [1.54, 1.807) is 6.92 Å². The molecule has 5 heteroatoms. The van der Waals surface area contributed by atoms with Crippen LogP contribution in [0, 0.1) is 6.92 Å². The van der Waals surface area contributed by atoms with E-state index in [4.69, 9.17) is 5.11 Å². The first kappa shape index (κ1) is 8.12. The van der Waals surface area contributed by atoms with Crippen molar-refractivity contribution in [2.24, 2.45) is 0 Å². The zero-order valence-electron chi connectivity index (χ0n) is 7.16. The van der Waals surface area contributed by atoms with Gasteiger partial charge in [-0.25, -0.2) is 14.8 Å². The summed E-state index contributed by atoms with van der Waals surface area (Å²) in [6, 6.07) is 0. The first-order valence-electron chi connectivity index (χ1n) is 3.99. The summed E-state index contributed by atoms with van der Waals surface area (Å²) in [6.45, 7) is 2.89. The Bertz CT molecular complexity index is 376. The lowest BCUT2D eigenvalue weighted by Crippen LogP contribution is -2.09. The van der Waals surface area contributed by atoms with Crippen LogP contribution in [0.25, 0.3) is 0 Å². The molecule has 1 aromatic rings. The fourth-order valence-electron chi connectivity index (χ4n) is 1.47. The molecule has 0 amide bonds. The summed E-state index contributed by atoms with van der Waals surface area (Å²) in [6.07, 6.45) is 0. The number of aromatic nitrogens is 2. The molecule has 0 saturated heterocycles. The fourth-order valence-corrected chi connectivity index (χ4v) is 1.47. The predicted molar refractivity (Wildman–Crippen MR) is 44.3 cm³/mol. The molecule has 0 fully saturated rings. The first-order chi connectivity index (χ1) is 6.18.